The summed E-state index contributed by atoms with van der Waals surface area (Å²) in [5.41, 5.74) is 2.00. The summed E-state index contributed by atoms with van der Waals surface area (Å²) in [5.74, 6) is 1.19. The number of nitrogens with zero attached hydrogens (tertiary/aromatic N) is 2. The first-order valence-electron chi connectivity index (χ1n) is 9.85. The summed E-state index contributed by atoms with van der Waals surface area (Å²) in [6.07, 6.45) is 2.72. The van der Waals surface area contributed by atoms with E-state index in [1.165, 1.54) is 5.56 Å². The third-order valence-electron chi connectivity index (χ3n) is 6.40. The Labute approximate surface area is 159 Å². The van der Waals surface area contributed by atoms with Crippen molar-refractivity contribution in [1.29, 1.82) is 0 Å². The van der Waals surface area contributed by atoms with Gasteiger partial charge < -0.3 is 15.0 Å². The molecule has 3 aliphatic heterocycles. The molecule has 5 nitrogen and oxygen atoms in total. The number of hydrogen-bond donors (Lipinski definition) is 1. The highest BCUT2D eigenvalue weighted by Crippen LogP contribution is 2.41. The Kier molecular flexibility index (Phi) is 4.05. The molecule has 27 heavy (non-hydrogen) atoms. The highest BCUT2D eigenvalue weighted by molar-refractivity contribution is 5.93. The van der Waals surface area contributed by atoms with E-state index in [9.17, 15) is 4.79 Å². The first-order valence-corrected chi connectivity index (χ1v) is 9.85. The molecule has 5 rings (SSSR count). The number of anilines is 1. The van der Waals surface area contributed by atoms with Crippen molar-refractivity contribution in [1.82, 2.24) is 10.2 Å². The molecule has 3 aliphatic rings. The van der Waals surface area contributed by atoms with Crippen molar-refractivity contribution >= 4 is 11.6 Å². The van der Waals surface area contributed by atoms with E-state index in [-0.39, 0.29) is 5.91 Å². The lowest BCUT2D eigenvalue weighted by Gasteiger charge is -2.46. The van der Waals surface area contributed by atoms with Gasteiger partial charge in [-0.1, -0.05) is 36.4 Å². The lowest BCUT2D eigenvalue weighted by molar-refractivity contribution is -0.125. The number of ether oxygens (including phenoxy) is 1. The van der Waals surface area contributed by atoms with Gasteiger partial charge in [0, 0.05) is 36.8 Å². The minimum Gasteiger partial charge on any atom is -0.493 e. The van der Waals surface area contributed by atoms with Crippen LogP contribution >= 0.6 is 0 Å². The monoisotopic (exact) mass is 363 g/mol. The van der Waals surface area contributed by atoms with Crippen molar-refractivity contribution in [2.75, 3.05) is 31.3 Å². The molecule has 0 saturated carbocycles. The number of rotatable bonds is 2. The summed E-state index contributed by atoms with van der Waals surface area (Å²) in [7, 11) is 0. The fraction of sp³-hybridized carbons (Fsp3) is 0.409. The zero-order valence-corrected chi connectivity index (χ0v) is 15.4. The van der Waals surface area contributed by atoms with Crippen LogP contribution < -0.4 is 15.0 Å². The molecular formula is C22H25N3O2. The quantitative estimate of drug-likeness (QED) is 0.891. The van der Waals surface area contributed by atoms with Crippen LogP contribution in [0.5, 0.6) is 5.75 Å². The van der Waals surface area contributed by atoms with Crippen LogP contribution in [0.25, 0.3) is 0 Å². The Morgan fingerprint density at radius 2 is 1.74 bits per heavy atom. The normalized spacial score (nSPS) is 24.4. The Morgan fingerprint density at radius 3 is 2.56 bits per heavy atom. The predicted molar refractivity (Wildman–Crippen MR) is 105 cm³/mol. The maximum absolute atomic E-state index is 12.8. The van der Waals surface area contributed by atoms with Crippen LogP contribution in [0.1, 0.15) is 30.9 Å². The number of hydrogen-bond acceptors (Lipinski definition) is 4. The van der Waals surface area contributed by atoms with Crippen LogP contribution in [0, 0.1) is 0 Å². The third-order valence-corrected chi connectivity index (χ3v) is 6.40. The molecule has 2 saturated heterocycles. The van der Waals surface area contributed by atoms with Crippen molar-refractivity contribution < 1.29 is 9.53 Å². The number of amides is 1. The highest BCUT2D eigenvalue weighted by Gasteiger charge is 2.51. The van der Waals surface area contributed by atoms with Crippen LogP contribution in [0.2, 0.25) is 0 Å². The molecule has 5 heteroatoms. The van der Waals surface area contributed by atoms with Gasteiger partial charge in [-0.3, -0.25) is 9.69 Å². The smallest absolute Gasteiger partial charge is 0.247 e. The number of carbonyl (C=O) groups excluding carboxylic acids is 1. The van der Waals surface area contributed by atoms with Gasteiger partial charge in [-0.25, -0.2) is 0 Å². The molecule has 3 heterocycles. The molecule has 1 atom stereocenters. The molecule has 0 bridgehead atoms. The van der Waals surface area contributed by atoms with E-state index in [1.54, 1.807) is 0 Å². The van der Waals surface area contributed by atoms with E-state index < -0.39 is 5.54 Å². The number of piperidine rings is 1. The van der Waals surface area contributed by atoms with Crippen LogP contribution in [-0.2, 0) is 4.79 Å². The summed E-state index contributed by atoms with van der Waals surface area (Å²) >= 11 is 0. The minimum atomic E-state index is -0.414. The number of carbonyl (C=O) groups is 1. The first kappa shape index (κ1) is 16.6. The lowest BCUT2D eigenvalue weighted by atomic mass is 9.84. The molecule has 1 N–H and O–H groups in total. The Balaban J connectivity index is 1.37. The predicted octanol–water partition coefficient (Wildman–Crippen LogP) is 2.94. The zero-order chi connectivity index (χ0) is 18.3. The first-order chi connectivity index (χ1) is 13.3. The molecule has 0 radical (unpaired) electrons. The second-order valence-corrected chi connectivity index (χ2v) is 7.69. The summed E-state index contributed by atoms with van der Waals surface area (Å²) in [6.45, 7) is 3.22. The van der Waals surface area contributed by atoms with Crippen molar-refractivity contribution in [3.8, 4) is 5.75 Å². The summed E-state index contributed by atoms with van der Waals surface area (Å²) in [6, 6.07) is 19.1. The largest absolute Gasteiger partial charge is 0.493 e. The van der Waals surface area contributed by atoms with Gasteiger partial charge in [-0.15, -0.1) is 0 Å². The molecule has 2 fully saturated rings. The van der Waals surface area contributed by atoms with Crippen molar-refractivity contribution in [3.05, 3.63) is 60.2 Å². The fourth-order valence-electron chi connectivity index (χ4n) is 4.94. The maximum Gasteiger partial charge on any atom is 0.247 e. The van der Waals surface area contributed by atoms with Gasteiger partial charge in [0.1, 0.15) is 11.3 Å². The summed E-state index contributed by atoms with van der Waals surface area (Å²) < 4.78 is 5.83. The third kappa shape index (κ3) is 2.69. The van der Waals surface area contributed by atoms with E-state index in [0.29, 0.717) is 12.7 Å². The molecule has 1 amide bonds. The van der Waals surface area contributed by atoms with Gasteiger partial charge in [-0.2, -0.15) is 0 Å². The molecule has 1 spiro atoms. The van der Waals surface area contributed by atoms with Crippen LogP contribution in [0.15, 0.2) is 54.6 Å². The summed E-state index contributed by atoms with van der Waals surface area (Å²) in [4.78, 5) is 17.6. The van der Waals surface area contributed by atoms with E-state index in [2.05, 4.69) is 45.4 Å². The van der Waals surface area contributed by atoms with E-state index in [1.807, 2.05) is 24.3 Å². The van der Waals surface area contributed by atoms with E-state index >= 15 is 0 Å². The molecule has 2 aromatic rings. The van der Waals surface area contributed by atoms with Gasteiger partial charge in [0.25, 0.3) is 0 Å². The molecule has 0 unspecified atom stereocenters. The van der Waals surface area contributed by atoms with E-state index in [4.69, 9.17) is 4.74 Å². The SMILES string of the molecule is O=C1NCN(c2ccccc2)C12CCN([C@H]1CCOc3ccccc31)CC2. The lowest BCUT2D eigenvalue weighted by Crippen LogP contribution is -2.57. The Bertz CT molecular complexity index is 830. The second-order valence-electron chi connectivity index (χ2n) is 7.69. The van der Waals surface area contributed by atoms with Crippen molar-refractivity contribution in [2.45, 2.75) is 30.8 Å². The summed E-state index contributed by atoms with van der Waals surface area (Å²) in [5, 5.41) is 3.09. The number of fused-ring (bicyclic) bond motifs is 1. The maximum atomic E-state index is 12.8. The number of para-hydroxylation sites is 2. The number of likely N-dealkylation sites (tertiary alicyclic amines) is 1. The Hall–Kier alpha value is -2.53. The molecular weight excluding hydrogens is 338 g/mol. The molecule has 2 aromatic carbocycles. The number of benzene rings is 2. The van der Waals surface area contributed by atoms with Gasteiger partial charge in [-0.05, 0) is 31.0 Å². The average Bonchev–Trinajstić information content (AvgIpc) is 3.05. The van der Waals surface area contributed by atoms with Crippen molar-refractivity contribution in [2.24, 2.45) is 0 Å². The fourth-order valence-corrected chi connectivity index (χ4v) is 4.94. The molecule has 0 aromatic heterocycles. The number of nitrogens with one attached hydrogen (secondary N) is 1. The zero-order valence-electron chi connectivity index (χ0n) is 15.4. The van der Waals surface area contributed by atoms with Crippen LogP contribution in [-0.4, -0.2) is 42.7 Å². The van der Waals surface area contributed by atoms with E-state index in [0.717, 1.165) is 50.4 Å². The van der Waals surface area contributed by atoms with Gasteiger partial charge in [0.15, 0.2) is 0 Å². The Morgan fingerprint density at radius 1 is 1.00 bits per heavy atom. The molecule has 0 aliphatic carbocycles. The topological polar surface area (TPSA) is 44.8 Å². The minimum absolute atomic E-state index is 0.179. The molecule has 140 valence electrons. The van der Waals surface area contributed by atoms with Gasteiger partial charge in [0.05, 0.1) is 13.3 Å². The second kappa shape index (κ2) is 6.57. The average molecular weight is 363 g/mol. The van der Waals surface area contributed by atoms with Crippen LogP contribution in [0.4, 0.5) is 5.69 Å². The highest BCUT2D eigenvalue weighted by atomic mass is 16.5. The van der Waals surface area contributed by atoms with Crippen LogP contribution in [0.3, 0.4) is 0 Å². The standard InChI is InChI=1S/C22H25N3O2/c26-21-22(25(16-23-21)17-6-2-1-3-7-17)11-13-24(14-12-22)19-10-15-27-20-9-5-4-8-18(19)20/h1-9,19H,10-16H2,(H,23,26)/t19-/m0/s1. The van der Waals surface area contributed by atoms with Gasteiger partial charge >= 0.3 is 0 Å². The van der Waals surface area contributed by atoms with Crippen molar-refractivity contribution in [3.63, 3.8) is 0 Å². The van der Waals surface area contributed by atoms with Gasteiger partial charge in [0.2, 0.25) is 5.91 Å².